The molecule has 0 atom stereocenters. The van der Waals surface area contributed by atoms with Crippen molar-refractivity contribution >= 4 is 6.41 Å². The van der Waals surface area contributed by atoms with Crippen molar-refractivity contribution in [1.29, 1.82) is 0 Å². The first kappa shape index (κ1) is 9.51. The minimum Gasteiger partial charge on any atom is -0.482 e. The third-order valence-corrected chi connectivity index (χ3v) is 1.74. The predicted octanol–water partition coefficient (Wildman–Crippen LogP) is 0.374. The van der Waals surface area contributed by atoms with Crippen LogP contribution < -0.4 is 10.2 Å². The number of carbonyl (C=O) groups is 1. The van der Waals surface area contributed by atoms with Crippen molar-refractivity contribution in [2.45, 2.75) is 6.92 Å². The summed E-state index contributed by atoms with van der Waals surface area (Å²) in [5.41, 5.74) is 1.60. The summed E-state index contributed by atoms with van der Waals surface area (Å²) in [5.74, 6) is 0.496. The Morgan fingerprint density at radius 1 is 1.54 bits per heavy atom. The van der Waals surface area contributed by atoms with Crippen LogP contribution in [0.5, 0.6) is 5.88 Å². The molecule has 4 nitrogen and oxygen atoms in total. The van der Waals surface area contributed by atoms with E-state index in [2.05, 4.69) is 4.99 Å². The van der Waals surface area contributed by atoms with E-state index in [1.54, 1.807) is 13.1 Å². The van der Waals surface area contributed by atoms with Crippen LogP contribution >= 0.6 is 0 Å². The highest BCUT2D eigenvalue weighted by Gasteiger charge is 2.01. The van der Waals surface area contributed by atoms with Gasteiger partial charge in [-0.3, -0.25) is 9.79 Å². The van der Waals surface area contributed by atoms with E-state index >= 15 is 0 Å². The minimum absolute atomic E-state index is 0.496. The zero-order chi connectivity index (χ0) is 9.84. The van der Waals surface area contributed by atoms with Crippen molar-refractivity contribution in [3.63, 3.8) is 0 Å². The molecule has 0 aliphatic carbocycles. The molecule has 0 aromatic carbocycles. The molecule has 0 fully saturated rings. The Kier molecular flexibility index (Phi) is 2.84. The van der Waals surface area contributed by atoms with Crippen LogP contribution in [0, 0.1) is 6.92 Å². The van der Waals surface area contributed by atoms with Crippen LogP contribution in [-0.2, 0) is 4.79 Å². The van der Waals surface area contributed by atoms with E-state index in [0.29, 0.717) is 17.8 Å². The average Bonchev–Trinajstić information content (AvgIpc) is 2.16. The maximum Gasteiger partial charge on any atom is 0.222 e. The smallest absolute Gasteiger partial charge is 0.222 e. The Balaban J connectivity index is 3.52. The molecule has 0 bridgehead atoms. The molecule has 0 aliphatic heterocycles. The minimum atomic E-state index is 0.496. The normalized spacial score (nSPS) is 11.5. The monoisotopic (exact) mass is 180 g/mol. The molecule has 1 aromatic rings. The third kappa shape index (κ3) is 1.77. The topological polar surface area (TPSA) is 43.6 Å². The number of nitrogens with zero attached hydrogens (tertiary/aromatic N) is 2. The van der Waals surface area contributed by atoms with Crippen molar-refractivity contribution < 1.29 is 9.53 Å². The van der Waals surface area contributed by atoms with Gasteiger partial charge in [-0.1, -0.05) is 0 Å². The van der Waals surface area contributed by atoms with Crippen LogP contribution in [0.4, 0.5) is 0 Å². The fourth-order valence-corrected chi connectivity index (χ4v) is 1.13. The van der Waals surface area contributed by atoms with E-state index in [1.165, 1.54) is 11.7 Å². The number of rotatable bonds is 2. The summed E-state index contributed by atoms with van der Waals surface area (Å²) in [7, 11) is 3.16. The van der Waals surface area contributed by atoms with Gasteiger partial charge in [-0.05, 0) is 18.6 Å². The molecule has 0 N–H and O–H groups in total. The molecule has 1 heterocycles. The lowest BCUT2D eigenvalue weighted by Crippen LogP contribution is -2.21. The summed E-state index contributed by atoms with van der Waals surface area (Å²) < 4.78 is 6.39. The van der Waals surface area contributed by atoms with Crippen LogP contribution in [0.3, 0.4) is 0 Å². The quantitative estimate of drug-likeness (QED) is 0.617. The zero-order valence-electron chi connectivity index (χ0n) is 7.94. The molecule has 0 aliphatic rings. The van der Waals surface area contributed by atoms with Gasteiger partial charge < -0.3 is 4.74 Å². The van der Waals surface area contributed by atoms with Gasteiger partial charge in [0, 0.05) is 13.1 Å². The fourth-order valence-electron chi connectivity index (χ4n) is 1.13. The lowest BCUT2D eigenvalue weighted by atomic mass is 10.3. The molecule has 1 rings (SSSR count). The molecule has 0 radical (unpaired) electrons. The Morgan fingerprint density at radius 2 is 2.23 bits per heavy atom. The highest BCUT2D eigenvalue weighted by Crippen LogP contribution is 2.07. The van der Waals surface area contributed by atoms with Crippen molar-refractivity contribution in [2.75, 3.05) is 14.2 Å². The summed E-state index contributed by atoms with van der Waals surface area (Å²) in [4.78, 5) is 14.7. The van der Waals surface area contributed by atoms with Crippen LogP contribution in [-0.4, -0.2) is 25.1 Å². The van der Waals surface area contributed by atoms with E-state index in [1.807, 2.05) is 13.0 Å². The number of ether oxygens (including phenoxy) is 1. The zero-order valence-corrected chi connectivity index (χ0v) is 7.94. The number of hydrogen-bond acceptors (Lipinski definition) is 3. The van der Waals surface area contributed by atoms with Crippen molar-refractivity contribution in [3.8, 4) is 5.88 Å². The molecule has 13 heavy (non-hydrogen) atoms. The van der Waals surface area contributed by atoms with Gasteiger partial charge in [-0.25, -0.2) is 4.57 Å². The summed E-state index contributed by atoms with van der Waals surface area (Å²) in [5, 5.41) is 0. The summed E-state index contributed by atoms with van der Waals surface area (Å²) in [6, 6.07) is 3.60. The largest absolute Gasteiger partial charge is 0.482 e. The van der Waals surface area contributed by atoms with E-state index in [4.69, 9.17) is 4.74 Å². The fraction of sp³-hybridized carbons (Fsp3) is 0.333. The number of pyridine rings is 1. The standard InChI is InChI=1S/C9H12N2O2/c1-7-4-8(10-2)11(6-12)9(5-7)13-3/h4-6H,1-3H3/b10-8-. The number of aryl methyl sites for hydroxylation is 1. The SMILES string of the molecule is C/N=c1/cc(C)cc(OC)n1C=O. The maximum atomic E-state index is 10.7. The molecule has 0 saturated heterocycles. The van der Waals surface area contributed by atoms with Crippen molar-refractivity contribution in [3.05, 3.63) is 23.2 Å². The summed E-state index contributed by atoms with van der Waals surface area (Å²) in [6.07, 6.45) is 0.681. The van der Waals surface area contributed by atoms with E-state index in [-0.39, 0.29) is 0 Å². The second-order valence-corrected chi connectivity index (χ2v) is 2.63. The molecule has 1 aromatic heterocycles. The molecular formula is C9H12N2O2. The maximum absolute atomic E-state index is 10.7. The second kappa shape index (κ2) is 3.89. The van der Waals surface area contributed by atoms with Crippen LogP contribution in [0.1, 0.15) is 5.56 Å². The number of aromatic nitrogens is 1. The molecule has 70 valence electrons. The van der Waals surface area contributed by atoms with Gasteiger partial charge in [0.1, 0.15) is 5.49 Å². The molecular weight excluding hydrogens is 168 g/mol. The van der Waals surface area contributed by atoms with Gasteiger partial charge in [0.05, 0.1) is 7.11 Å². The van der Waals surface area contributed by atoms with Crippen molar-refractivity contribution in [1.82, 2.24) is 4.57 Å². The first-order valence-corrected chi connectivity index (χ1v) is 3.88. The first-order valence-electron chi connectivity index (χ1n) is 3.88. The van der Waals surface area contributed by atoms with Gasteiger partial charge >= 0.3 is 0 Å². The van der Waals surface area contributed by atoms with Gasteiger partial charge in [0.25, 0.3) is 0 Å². The number of hydrogen-bond donors (Lipinski definition) is 0. The van der Waals surface area contributed by atoms with Crippen LogP contribution in [0.2, 0.25) is 0 Å². The highest BCUT2D eigenvalue weighted by molar-refractivity contribution is 5.55. The molecule has 4 heteroatoms. The Morgan fingerprint density at radius 3 is 2.69 bits per heavy atom. The van der Waals surface area contributed by atoms with E-state index < -0.39 is 0 Å². The molecule has 0 unspecified atom stereocenters. The summed E-state index contributed by atoms with van der Waals surface area (Å²) in [6.45, 7) is 1.92. The summed E-state index contributed by atoms with van der Waals surface area (Å²) >= 11 is 0. The Hall–Kier alpha value is -1.58. The van der Waals surface area contributed by atoms with Gasteiger partial charge in [-0.2, -0.15) is 0 Å². The van der Waals surface area contributed by atoms with Crippen molar-refractivity contribution in [2.24, 2.45) is 4.99 Å². The number of carbonyl (C=O) groups excluding carboxylic acids is 1. The van der Waals surface area contributed by atoms with Gasteiger partial charge in [-0.15, -0.1) is 0 Å². The Bertz CT molecular complexity index is 380. The second-order valence-electron chi connectivity index (χ2n) is 2.63. The van der Waals surface area contributed by atoms with Crippen LogP contribution in [0.15, 0.2) is 17.1 Å². The van der Waals surface area contributed by atoms with E-state index in [9.17, 15) is 4.79 Å². The van der Waals surface area contributed by atoms with Gasteiger partial charge in [0.15, 0.2) is 0 Å². The lowest BCUT2D eigenvalue weighted by molar-refractivity contribution is 0.383. The highest BCUT2D eigenvalue weighted by atomic mass is 16.5. The van der Waals surface area contributed by atoms with E-state index in [0.717, 1.165) is 5.56 Å². The lowest BCUT2D eigenvalue weighted by Gasteiger charge is -2.07. The number of methoxy groups -OCH3 is 1. The predicted molar refractivity (Wildman–Crippen MR) is 49.4 cm³/mol. The first-order chi connectivity index (χ1) is 6.22. The van der Waals surface area contributed by atoms with Gasteiger partial charge in [0.2, 0.25) is 12.3 Å². The molecule has 0 amide bonds. The Labute approximate surface area is 76.5 Å². The molecule has 0 saturated carbocycles. The van der Waals surface area contributed by atoms with Crippen LogP contribution in [0.25, 0.3) is 0 Å². The molecule has 0 spiro atoms. The average molecular weight is 180 g/mol. The third-order valence-electron chi connectivity index (χ3n) is 1.74.